The van der Waals surface area contributed by atoms with Crippen LogP contribution in [0.1, 0.15) is 30.6 Å². The Morgan fingerprint density at radius 3 is 2.24 bits per heavy atom. The Kier molecular flexibility index (Phi) is 6.63. The molecule has 7 heteroatoms. The first-order valence-corrected chi connectivity index (χ1v) is 9.22. The van der Waals surface area contributed by atoms with Gasteiger partial charge in [0.1, 0.15) is 11.6 Å². The molecule has 150 valence electrons. The van der Waals surface area contributed by atoms with Crippen LogP contribution in [0, 0.1) is 5.82 Å². The fraction of sp³-hybridized carbons (Fsp3) is 0.182. The van der Waals surface area contributed by atoms with E-state index in [1.807, 2.05) is 6.92 Å². The van der Waals surface area contributed by atoms with Gasteiger partial charge >= 0.3 is 6.03 Å². The molecule has 3 aromatic rings. The van der Waals surface area contributed by atoms with E-state index >= 15 is 0 Å². The molecule has 0 spiro atoms. The minimum atomic E-state index is -0.355. The lowest BCUT2D eigenvalue weighted by Gasteiger charge is -2.12. The number of hydrogen-bond donors (Lipinski definition) is 3. The summed E-state index contributed by atoms with van der Waals surface area (Å²) in [7, 11) is 0. The van der Waals surface area contributed by atoms with Gasteiger partial charge in [-0.15, -0.1) is 0 Å². The third-order valence-corrected chi connectivity index (χ3v) is 4.36. The lowest BCUT2D eigenvalue weighted by Crippen LogP contribution is -2.27. The molecule has 3 rings (SSSR count). The van der Waals surface area contributed by atoms with Gasteiger partial charge in [-0.05, 0) is 60.0 Å². The highest BCUT2D eigenvalue weighted by molar-refractivity contribution is 5.92. The third kappa shape index (κ3) is 6.21. The van der Waals surface area contributed by atoms with Crippen molar-refractivity contribution in [3.05, 3.63) is 84.1 Å². The largest absolute Gasteiger partial charge is 0.467 e. The van der Waals surface area contributed by atoms with Gasteiger partial charge in [0.25, 0.3) is 0 Å². The van der Waals surface area contributed by atoms with Gasteiger partial charge in [-0.3, -0.25) is 4.79 Å². The van der Waals surface area contributed by atoms with E-state index in [0.29, 0.717) is 23.7 Å². The van der Waals surface area contributed by atoms with Crippen LogP contribution >= 0.6 is 0 Å². The van der Waals surface area contributed by atoms with E-state index in [1.165, 1.54) is 12.1 Å². The van der Waals surface area contributed by atoms with Crippen LogP contribution in [0.3, 0.4) is 0 Å². The summed E-state index contributed by atoms with van der Waals surface area (Å²) in [5, 5.41) is 8.22. The highest BCUT2D eigenvalue weighted by atomic mass is 19.1. The minimum absolute atomic E-state index is 0.0330. The fourth-order valence-electron chi connectivity index (χ4n) is 2.79. The molecule has 6 nitrogen and oxygen atoms in total. The quantitative estimate of drug-likeness (QED) is 0.533. The lowest BCUT2D eigenvalue weighted by atomic mass is 9.97. The van der Waals surface area contributed by atoms with Crippen molar-refractivity contribution in [3.8, 4) is 0 Å². The number of nitrogens with one attached hydrogen (secondary N) is 3. The van der Waals surface area contributed by atoms with Crippen LogP contribution in [0.5, 0.6) is 0 Å². The Morgan fingerprint density at radius 1 is 0.966 bits per heavy atom. The molecule has 3 amide bonds. The zero-order chi connectivity index (χ0) is 20.6. The van der Waals surface area contributed by atoms with Crippen molar-refractivity contribution in [2.24, 2.45) is 0 Å². The molecule has 0 saturated heterocycles. The van der Waals surface area contributed by atoms with Crippen LogP contribution in [0.25, 0.3) is 0 Å². The van der Waals surface area contributed by atoms with Crippen molar-refractivity contribution in [2.75, 3.05) is 10.6 Å². The van der Waals surface area contributed by atoms with Gasteiger partial charge in [-0.2, -0.15) is 0 Å². The Bertz CT molecular complexity index is 938. The first kappa shape index (κ1) is 20.1. The van der Waals surface area contributed by atoms with Gasteiger partial charge < -0.3 is 20.4 Å². The maximum atomic E-state index is 13.0. The maximum Gasteiger partial charge on any atom is 0.319 e. The van der Waals surface area contributed by atoms with E-state index < -0.39 is 0 Å². The standard InChI is InChI=1S/C22H22FN3O3/c1-15(16-4-6-17(23)7-5-16)13-21(27)25-18-8-10-19(11-9-18)26-22(28)24-14-20-3-2-12-29-20/h2-12,15H,13-14H2,1H3,(H,25,27)(H2,24,26,28). The number of amides is 3. The summed E-state index contributed by atoms with van der Waals surface area (Å²) >= 11 is 0. The Morgan fingerprint density at radius 2 is 1.62 bits per heavy atom. The normalized spacial score (nSPS) is 11.5. The molecule has 29 heavy (non-hydrogen) atoms. The van der Waals surface area contributed by atoms with E-state index in [9.17, 15) is 14.0 Å². The molecular weight excluding hydrogens is 373 g/mol. The molecule has 0 saturated carbocycles. The van der Waals surface area contributed by atoms with Crippen molar-refractivity contribution in [3.63, 3.8) is 0 Å². The molecule has 1 unspecified atom stereocenters. The van der Waals surface area contributed by atoms with Gasteiger partial charge in [-0.25, -0.2) is 9.18 Å². The number of rotatable bonds is 7. The monoisotopic (exact) mass is 395 g/mol. The van der Waals surface area contributed by atoms with Crippen LogP contribution in [0.2, 0.25) is 0 Å². The molecule has 1 heterocycles. The molecule has 0 bridgehead atoms. The molecule has 2 aromatic carbocycles. The third-order valence-electron chi connectivity index (χ3n) is 4.36. The molecule has 3 N–H and O–H groups in total. The second-order valence-electron chi connectivity index (χ2n) is 6.67. The van der Waals surface area contributed by atoms with E-state index in [1.54, 1.807) is 54.8 Å². The van der Waals surface area contributed by atoms with Crippen molar-refractivity contribution in [2.45, 2.75) is 25.8 Å². The zero-order valence-corrected chi connectivity index (χ0v) is 15.9. The first-order chi connectivity index (χ1) is 14.0. The number of benzene rings is 2. The number of carbonyl (C=O) groups is 2. The minimum Gasteiger partial charge on any atom is -0.467 e. The van der Waals surface area contributed by atoms with Crippen LogP contribution in [0.4, 0.5) is 20.6 Å². The average Bonchev–Trinajstić information content (AvgIpc) is 3.22. The van der Waals surface area contributed by atoms with Crippen molar-refractivity contribution in [1.29, 1.82) is 0 Å². The molecule has 1 aromatic heterocycles. The van der Waals surface area contributed by atoms with E-state index in [2.05, 4.69) is 16.0 Å². The first-order valence-electron chi connectivity index (χ1n) is 9.22. The zero-order valence-electron chi connectivity index (χ0n) is 15.9. The van der Waals surface area contributed by atoms with E-state index in [4.69, 9.17) is 4.42 Å². The predicted octanol–water partition coefficient (Wildman–Crippen LogP) is 4.87. The molecule has 1 atom stereocenters. The number of urea groups is 1. The van der Waals surface area contributed by atoms with E-state index in [-0.39, 0.29) is 30.1 Å². The highest BCUT2D eigenvalue weighted by Gasteiger charge is 2.12. The van der Waals surface area contributed by atoms with Crippen molar-refractivity contribution >= 4 is 23.3 Å². The van der Waals surface area contributed by atoms with Gasteiger partial charge in [0.05, 0.1) is 12.8 Å². The molecule has 0 aliphatic rings. The summed E-state index contributed by atoms with van der Waals surface area (Å²) in [4.78, 5) is 24.1. The number of anilines is 2. The molecule has 0 fully saturated rings. The fourth-order valence-corrected chi connectivity index (χ4v) is 2.79. The average molecular weight is 395 g/mol. The second kappa shape index (κ2) is 9.54. The SMILES string of the molecule is CC(CC(=O)Nc1ccc(NC(=O)NCc2ccco2)cc1)c1ccc(F)cc1. The summed E-state index contributed by atoms with van der Waals surface area (Å²) in [5.41, 5.74) is 2.13. The van der Waals surface area contributed by atoms with E-state index in [0.717, 1.165) is 5.56 Å². The highest BCUT2D eigenvalue weighted by Crippen LogP contribution is 2.21. The van der Waals surface area contributed by atoms with Gasteiger partial charge in [-0.1, -0.05) is 19.1 Å². The van der Waals surface area contributed by atoms with Crippen LogP contribution in [-0.2, 0) is 11.3 Å². The smallest absolute Gasteiger partial charge is 0.319 e. The number of furan rings is 1. The van der Waals surface area contributed by atoms with Crippen LogP contribution < -0.4 is 16.0 Å². The van der Waals surface area contributed by atoms with Crippen LogP contribution in [-0.4, -0.2) is 11.9 Å². The van der Waals surface area contributed by atoms with Crippen molar-refractivity contribution < 1.29 is 18.4 Å². The predicted molar refractivity (Wildman–Crippen MR) is 109 cm³/mol. The van der Waals surface area contributed by atoms with Gasteiger partial charge in [0.2, 0.25) is 5.91 Å². The molecule has 0 aliphatic heterocycles. The molecule has 0 aliphatic carbocycles. The maximum absolute atomic E-state index is 13.0. The molecular formula is C22H22FN3O3. The lowest BCUT2D eigenvalue weighted by molar-refractivity contribution is -0.116. The second-order valence-corrected chi connectivity index (χ2v) is 6.67. The summed E-state index contributed by atoms with van der Waals surface area (Å²) in [6.45, 7) is 2.21. The van der Waals surface area contributed by atoms with Gasteiger partial charge in [0, 0.05) is 17.8 Å². The summed E-state index contributed by atoms with van der Waals surface area (Å²) in [6, 6.07) is 16.1. The Labute approximate surface area is 168 Å². The van der Waals surface area contributed by atoms with Crippen LogP contribution in [0.15, 0.2) is 71.3 Å². The summed E-state index contributed by atoms with van der Waals surface area (Å²) in [5.74, 6) is 0.190. The van der Waals surface area contributed by atoms with Crippen molar-refractivity contribution in [1.82, 2.24) is 5.32 Å². The Hall–Kier alpha value is -3.61. The topological polar surface area (TPSA) is 83.4 Å². The summed E-state index contributed by atoms with van der Waals surface area (Å²) < 4.78 is 18.2. The number of halogens is 1. The summed E-state index contributed by atoms with van der Waals surface area (Å²) in [6.07, 6.45) is 1.82. The number of hydrogen-bond acceptors (Lipinski definition) is 3. The molecule has 0 radical (unpaired) electrons. The van der Waals surface area contributed by atoms with Gasteiger partial charge in [0.15, 0.2) is 0 Å². The number of carbonyl (C=O) groups excluding carboxylic acids is 2. The Balaban J connectivity index is 1.46.